The van der Waals surface area contributed by atoms with Crippen LogP contribution in [0.15, 0.2) is 47.6 Å². The lowest BCUT2D eigenvalue weighted by molar-refractivity contribution is 0.566. The molecule has 1 unspecified atom stereocenters. The van der Waals surface area contributed by atoms with Gasteiger partial charge in [0.05, 0.1) is 4.90 Å². The highest BCUT2D eigenvalue weighted by Gasteiger charge is 2.19. The molecule has 0 spiro atoms. The fourth-order valence-electron chi connectivity index (χ4n) is 1.93. The van der Waals surface area contributed by atoms with Crippen molar-refractivity contribution < 1.29 is 8.42 Å². The first kappa shape index (κ1) is 14.5. The normalized spacial score (nSPS) is 13.1. The molecule has 0 saturated heterocycles. The van der Waals surface area contributed by atoms with Crippen LogP contribution in [0.5, 0.6) is 0 Å². The average molecular weight is 291 g/mol. The zero-order valence-corrected chi connectivity index (χ0v) is 12.2. The molecule has 6 heteroatoms. The summed E-state index contributed by atoms with van der Waals surface area (Å²) in [5.74, 6) is 0. The van der Waals surface area contributed by atoms with Gasteiger partial charge in [0.15, 0.2) is 0 Å². The van der Waals surface area contributed by atoms with Crippen molar-refractivity contribution in [1.82, 2.24) is 9.71 Å². The van der Waals surface area contributed by atoms with Gasteiger partial charge in [-0.2, -0.15) is 0 Å². The molecule has 1 heterocycles. The number of nitrogens with zero attached hydrogens (tertiary/aromatic N) is 1. The molecule has 0 aliphatic carbocycles. The Hall–Kier alpha value is -1.92. The van der Waals surface area contributed by atoms with E-state index >= 15 is 0 Å². The first-order valence-electron chi connectivity index (χ1n) is 6.18. The fourth-order valence-corrected chi connectivity index (χ4v) is 3.30. The Morgan fingerprint density at radius 3 is 2.65 bits per heavy atom. The molecule has 0 radical (unpaired) electrons. The van der Waals surface area contributed by atoms with Crippen LogP contribution in [0.25, 0.3) is 0 Å². The summed E-state index contributed by atoms with van der Waals surface area (Å²) in [5.41, 5.74) is 7.73. The third-order valence-corrected chi connectivity index (χ3v) is 4.42. The van der Waals surface area contributed by atoms with E-state index in [1.54, 1.807) is 44.4 Å². The first-order valence-corrected chi connectivity index (χ1v) is 7.66. The summed E-state index contributed by atoms with van der Waals surface area (Å²) in [4.78, 5) is 4.15. The number of pyridine rings is 1. The number of nitrogens with one attached hydrogen (secondary N) is 1. The van der Waals surface area contributed by atoms with Crippen LogP contribution in [0.1, 0.15) is 24.1 Å². The van der Waals surface area contributed by atoms with E-state index in [4.69, 9.17) is 5.73 Å². The van der Waals surface area contributed by atoms with Gasteiger partial charge in [0.25, 0.3) is 0 Å². The Labute approximate surface area is 118 Å². The van der Waals surface area contributed by atoms with Crippen LogP contribution in [-0.2, 0) is 10.0 Å². The summed E-state index contributed by atoms with van der Waals surface area (Å²) in [5, 5.41) is 0. The minimum atomic E-state index is -3.61. The van der Waals surface area contributed by atoms with Crippen molar-refractivity contribution in [2.75, 3.05) is 5.73 Å². The molecule has 0 amide bonds. The van der Waals surface area contributed by atoms with E-state index in [0.29, 0.717) is 5.69 Å². The monoisotopic (exact) mass is 291 g/mol. The van der Waals surface area contributed by atoms with Gasteiger partial charge in [-0.3, -0.25) is 4.98 Å². The lowest BCUT2D eigenvalue weighted by Crippen LogP contribution is -2.27. The SMILES string of the molecule is Cc1cc(N)cc(S(=O)(=O)NC(C)c2cccnc2)c1. The number of hydrogen-bond donors (Lipinski definition) is 2. The van der Waals surface area contributed by atoms with Crippen molar-refractivity contribution in [2.45, 2.75) is 24.8 Å². The molecule has 1 aromatic heterocycles. The maximum Gasteiger partial charge on any atom is 0.241 e. The molecule has 0 fully saturated rings. The van der Waals surface area contributed by atoms with Crippen LogP contribution in [0.3, 0.4) is 0 Å². The number of nitrogen functional groups attached to an aromatic ring is 1. The second-order valence-corrected chi connectivity index (χ2v) is 6.42. The second-order valence-electron chi connectivity index (χ2n) is 4.71. The average Bonchev–Trinajstić information content (AvgIpc) is 2.38. The summed E-state index contributed by atoms with van der Waals surface area (Å²) in [6.45, 7) is 3.58. The van der Waals surface area contributed by atoms with Crippen LogP contribution < -0.4 is 10.5 Å². The van der Waals surface area contributed by atoms with Gasteiger partial charge in [-0.15, -0.1) is 0 Å². The number of hydrogen-bond acceptors (Lipinski definition) is 4. The minimum absolute atomic E-state index is 0.172. The molecule has 1 aromatic carbocycles. The summed E-state index contributed by atoms with van der Waals surface area (Å²) >= 11 is 0. The minimum Gasteiger partial charge on any atom is -0.399 e. The number of sulfonamides is 1. The van der Waals surface area contributed by atoms with E-state index in [1.165, 1.54) is 6.07 Å². The molecule has 1 atom stereocenters. The third kappa shape index (κ3) is 3.34. The molecule has 106 valence electrons. The Morgan fingerprint density at radius 1 is 1.30 bits per heavy atom. The number of aromatic nitrogens is 1. The van der Waals surface area contributed by atoms with Crippen molar-refractivity contribution >= 4 is 15.7 Å². The maximum absolute atomic E-state index is 12.3. The number of benzene rings is 1. The number of rotatable bonds is 4. The molecular weight excluding hydrogens is 274 g/mol. The molecule has 0 saturated carbocycles. The van der Waals surface area contributed by atoms with Gasteiger partial charge in [-0.1, -0.05) is 6.07 Å². The molecule has 0 aliphatic rings. The molecule has 5 nitrogen and oxygen atoms in total. The van der Waals surface area contributed by atoms with E-state index in [1.807, 2.05) is 6.07 Å². The standard InChI is InChI=1S/C14H17N3O2S/c1-10-6-13(15)8-14(7-10)20(18,19)17-11(2)12-4-3-5-16-9-12/h3-9,11,17H,15H2,1-2H3. The van der Waals surface area contributed by atoms with Crippen molar-refractivity contribution in [2.24, 2.45) is 0 Å². The molecule has 0 aliphatic heterocycles. The van der Waals surface area contributed by atoms with Crippen LogP contribution in [0.2, 0.25) is 0 Å². The Morgan fingerprint density at radius 2 is 2.05 bits per heavy atom. The van der Waals surface area contributed by atoms with Crippen molar-refractivity contribution in [3.8, 4) is 0 Å². The van der Waals surface area contributed by atoms with Gasteiger partial charge in [-0.05, 0) is 49.2 Å². The maximum atomic E-state index is 12.3. The highest BCUT2D eigenvalue weighted by molar-refractivity contribution is 7.89. The smallest absolute Gasteiger partial charge is 0.241 e. The van der Waals surface area contributed by atoms with Crippen LogP contribution in [0, 0.1) is 6.92 Å². The zero-order valence-electron chi connectivity index (χ0n) is 11.4. The van der Waals surface area contributed by atoms with Crippen molar-refractivity contribution in [1.29, 1.82) is 0 Å². The van der Waals surface area contributed by atoms with Gasteiger partial charge >= 0.3 is 0 Å². The highest BCUT2D eigenvalue weighted by atomic mass is 32.2. The lowest BCUT2D eigenvalue weighted by atomic mass is 10.2. The Bertz CT molecular complexity index is 679. The lowest BCUT2D eigenvalue weighted by Gasteiger charge is -2.15. The van der Waals surface area contributed by atoms with Gasteiger partial charge in [0.2, 0.25) is 10.0 Å². The van der Waals surface area contributed by atoms with E-state index in [0.717, 1.165) is 11.1 Å². The Balaban J connectivity index is 2.27. The summed E-state index contributed by atoms with van der Waals surface area (Å²) < 4.78 is 27.3. The second kappa shape index (κ2) is 5.60. The first-order chi connectivity index (χ1) is 9.38. The predicted molar refractivity (Wildman–Crippen MR) is 78.6 cm³/mol. The third-order valence-electron chi connectivity index (χ3n) is 2.90. The topological polar surface area (TPSA) is 85.1 Å². The van der Waals surface area contributed by atoms with Crippen LogP contribution in [-0.4, -0.2) is 13.4 Å². The summed E-state index contributed by atoms with van der Waals surface area (Å²) in [7, 11) is -3.61. The molecule has 2 rings (SSSR count). The molecule has 3 N–H and O–H groups in total. The fraction of sp³-hybridized carbons (Fsp3) is 0.214. The molecule has 20 heavy (non-hydrogen) atoms. The van der Waals surface area contributed by atoms with Gasteiger partial charge in [-0.25, -0.2) is 13.1 Å². The zero-order chi connectivity index (χ0) is 14.8. The highest BCUT2D eigenvalue weighted by Crippen LogP contribution is 2.19. The predicted octanol–water partition coefficient (Wildman–Crippen LogP) is 2.01. The molecule has 2 aromatic rings. The van der Waals surface area contributed by atoms with Gasteiger partial charge in [0, 0.05) is 24.1 Å². The quantitative estimate of drug-likeness (QED) is 0.844. The Kier molecular flexibility index (Phi) is 4.06. The van der Waals surface area contributed by atoms with E-state index < -0.39 is 10.0 Å². The summed E-state index contributed by atoms with van der Waals surface area (Å²) in [6.07, 6.45) is 3.28. The largest absolute Gasteiger partial charge is 0.399 e. The van der Waals surface area contributed by atoms with E-state index in [9.17, 15) is 8.42 Å². The van der Waals surface area contributed by atoms with E-state index in [-0.39, 0.29) is 10.9 Å². The van der Waals surface area contributed by atoms with Crippen LogP contribution in [0.4, 0.5) is 5.69 Å². The number of nitrogens with two attached hydrogens (primary N) is 1. The van der Waals surface area contributed by atoms with Crippen molar-refractivity contribution in [3.05, 3.63) is 53.9 Å². The van der Waals surface area contributed by atoms with Gasteiger partial charge in [0.1, 0.15) is 0 Å². The number of aryl methyl sites for hydroxylation is 1. The number of anilines is 1. The van der Waals surface area contributed by atoms with Crippen molar-refractivity contribution in [3.63, 3.8) is 0 Å². The van der Waals surface area contributed by atoms with Crippen LogP contribution >= 0.6 is 0 Å². The molecule has 0 bridgehead atoms. The summed E-state index contributed by atoms with van der Waals surface area (Å²) in [6, 6.07) is 7.99. The molecular formula is C14H17N3O2S. The van der Waals surface area contributed by atoms with E-state index in [2.05, 4.69) is 9.71 Å². The van der Waals surface area contributed by atoms with Gasteiger partial charge < -0.3 is 5.73 Å².